The summed E-state index contributed by atoms with van der Waals surface area (Å²) in [4.78, 5) is 22.8. The maximum atomic E-state index is 11.5. The van der Waals surface area contributed by atoms with Crippen LogP contribution in [0.1, 0.15) is 91.2 Å². The van der Waals surface area contributed by atoms with Crippen LogP contribution >= 0.6 is 0 Å². The molecule has 0 aliphatic carbocycles. The van der Waals surface area contributed by atoms with Gasteiger partial charge < -0.3 is 9.47 Å². The molecule has 0 saturated heterocycles. The highest BCUT2D eigenvalue weighted by Crippen LogP contribution is 2.30. The third-order valence-corrected chi connectivity index (χ3v) is 5.25. The first-order valence-electron chi connectivity index (χ1n) is 11.2. The van der Waals surface area contributed by atoms with E-state index in [0.717, 1.165) is 29.4 Å². The first kappa shape index (κ1) is 25.9. The van der Waals surface area contributed by atoms with Crippen LogP contribution in [0.15, 0.2) is 23.8 Å². The second-order valence-corrected chi connectivity index (χ2v) is 8.99. The molecule has 0 N–H and O–H groups in total. The number of aryl methyl sites for hydroxylation is 1. The molecule has 0 saturated carbocycles. The monoisotopic (exact) mass is 416 g/mol. The Kier molecular flexibility index (Phi) is 11.5. The molecule has 4 nitrogen and oxygen atoms in total. The minimum atomic E-state index is -0.366. The molecule has 0 radical (unpaired) electrons. The fraction of sp³-hybridized carbons (Fsp3) is 0.615. The summed E-state index contributed by atoms with van der Waals surface area (Å²) in [6.45, 7) is 13.7. The van der Waals surface area contributed by atoms with Gasteiger partial charge in [-0.1, -0.05) is 58.1 Å². The highest BCUT2D eigenvalue weighted by Gasteiger charge is 2.13. The van der Waals surface area contributed by atoms with Crippen LogP contribution in [0.2, 0.25) is 0 Å². The second kappa shape index (κ2) is 13.3. The Morgan fingerprint density at radius 3 is 2.17 bits per heavy atom. The van der Waals surface area contributed by atoms with Crippen molar-refractivity contribution in [2.24, 2.45) is 11.8 Å². The fourth-order valence-corrected chi connectivity index (χ4v) is 3.61. The molecule has 30 heavy (non-hydrogen) atoms. The molecule has 1 rings (SSSR count). The number of carbonyl (C=O) groups excluding carboxylic acids is 2. The first-order valence-corrected chi connectivity index (χ1v) is 11.2. The number of hydrogen-bond donors (Lipinski definition) is 0. The molecule has 0 amide bonds. The van der Waals surface area contributed by atoms with Crippen LogP contribution in [0, 0.1) is 18.8 Å². The highest BCUT2D eigenvalue weighted by atomic mass is 16.5. The van der Waals surface area contributed by atoms with E-state index in [4.69, 9.17) is 9.47 Å². The zero-order chi connectivity index (χ0) is 22.7. The van der Waals surface area contributed by atoms with Gasteiger partial charge in [0.2, 0.25) is 0 Å². The maximum absolute atomic E-state index is 11.5. The van der Waals surface area contributed by atoms with Gasteiger partial charge in [-0.2, -0.15) is 0 Å². The molecule has 0 aliphatic rings. The van der Waals surface area contributed by atoms with E-state index >= 15 is 0 Å². The smallest absolute Gasteiger partial charge is 0.308 e. The van der Waals surface area contributed by atoms with E-state index in [1.54, 1.807) is 12.1 Å². The van der Waals surface area contributed by atoms with Crippen molar-refractivity contribution in [3.8, 4) is 11.5 Å². The van der Waals surface area contributed by atoms with E-state index < -0.39 is 0 Å². The largest absolute Gasteiger partial charge is 0.427 e. The van der Waals surface area contributed by atoms with Crippen molar-refractivity contribution in [1.29, 1.82) is 0 Å². The average molecular weight is 417 g/mol. The van der Waals surface area contributed by atoms with E-state index in [1.807, 2.05) is 6.92 Å². The molecule has 0 bridgehead atoms. The third-order valence-electron chi connectivity index (χ3n) is 5.25. The first-order chi connectivity index (χ1) is 14.1. The maximum Gasteiger partial charge on any atom is 0.308 e. The summed E-state index contributed by atoms with van der Waals surface area (Å²) in [6.07, 6.45) is 10.3. The highest BCUT2D eigenvalue weighted by molar-refractivity contribution is 5.72. The van der Waals surface area contributed by atoms with E-state index in [0.29, 0.717) is 17.9 Å². The van der Waals surface area contributed by atoms with Gasteiger partial charge in [-0.3, -0.25) is 9.59 Å². The standard InChI is InChI=1S/C26H40O4/c1-18(2)10-8-11-19(3)12-9-13-20(4)14-15-24-17-25(29-22(6)27)16-21(5)26(24)30-23(7)28/h14,16-19H,8-13,15H2,1-7H3. The van der Waals surface area contributed by atoms with Crippen LogP contribution in [0.5, 0.6) is 11.5 Å². The van der Waals surface area contributed by atoms with Gasteiger partial charge in [-0.25, -0.2) is 0 Å². The van der Waals surface area contributed by atoms with Gasteiger partial charge in [-0.15, -0.1) is 0 Å². The van der Waals surface area contributed by atoms with Gasteiger partial charge >= 0.3 is 11.9 Å². The third kappa shape index (κ3) is 10.6. The normalized spacial score (nSPS) is 12.7. The van der Waals surface area contributed by atoms with Crippen LogP contribution < -0.4 is 9.47 Å². The summed E-state index contributed by atoms with van der Waals surface area (Å²) in [6, 6.07) is 3.51. The predicted octanol–water partition coefficient (Wildman–Crippen LogP) is 6.97. The Bertz CT molecular complexity index is 731. The Labute approximate surface area is 183 Å². The molecular weight excluding hydrogens is 376 g/mol. The van der Waals surface area contributed by atoms with Crippen LogP contribution in [0.4, 0.5) is 0 Å². The number of allylic oxidation sites excluding steroid dienone is 2. The predicted molar refractivity (Wildman–Crippen MR) is 123 cm³/mol. The molecule has 0 fully saturated rings. The second-order valence-electron chi connectivity index (χ2n) is 8.99. The van der Waals surface area contributed by atoms with E-state index in [1.165, 1.54) is 51.5 Å². The van der Waals surface area contributed by atoms with Crippen LogP contribution in [0.25, 0.3) is 0 Å². The van der Waals surface area contributed by atoms with Crippen molar-refractivity contribution in [2.75, 3.05) is 0 Å². The number of carbonyl (C=O) groups is 2. The van der Waals surface area contributed by atoms with Crippen LogP contribution in [-0.4, -0.2) is 11.9 Å². The quantitative estimate of drug-likeness (QED) is 0.210. The Hall–Kier alpha value is -2.10. The average Bonchev–Trinajstić information content (AvgIpc) is 2.61. The van der Waals surface area contributed by atoms with Crippen molar-refractivity contribution in [3.05, 3.63) is 34.9 Å². The zero-order valence-electron chi connectivity index (χ0n) is 20.0. The number of rotatable bonds is 12. The topological polar surface area (TPSA) is 52.6 Å². The Balaban J connectivity index is 2.70. The molecule has 1 atom stereocenters. The van der Waals surface area contributed by atoms with Gasteiger partial charge in [-0.05, 0) is 62.6 Å². The Morgan fingerprint density at radius 2 is 1.57 bits per heavy atom. The summed E-state index contributed by atoms with van der Waals surface area (Å²) in [5, 5.41) is 0. The number of benzene rings is 1. The summed E-state index contributed by atoms with van der Waals surface area (Å²) in [5.74, 6) is 1.88. The number of esters is 2. The molecule has 4 heteroatoms. The van der Waals surface area contributed by atoms with E-state index in [9.17, 15) is 9.59 Å². The molecule has 0 aromatic heterocycles. The van der Waals surface area contributed by atoms with Gasteiger partial charge in [0.25, 0.3) is 0 Å². The molecule has 0 heterocycles. The van der Waals surface area contributed by atoms with Gasteiger partial charge in [0.15, 0.2) is 0 Å². The summed E-state index contributed by atoms with van der Waals surface area (Å²) in [5.41, 5.74) is 2.96. The van der Waals surface area contributed by atoms with E-state index in [2.05, 4.69) is 33.8 Å². The van der Waals surface area contributed by atoms with Gasteiger partial charge in [0.05, 0.1) is 0 Å². The summed E-state index contributed by atoms with van der Waals surface area (Å²) >= 11 is 0. The van der Waals surface area contributed by atoms with Gasteiger partial charge in [0, 0.05) is 19.4 Å². The molecule has 0 spiro atoms. The minimum Gasteiger partial charge on any atom is -0.427 e. The lowest BCUT2D eigenvalue weighted by Gasteiger charge is -2.14. The molecule has 1 aromatic carbocycles. The molecule has 1 unspecified atom stereocenters. The lowest BCUT2D eigenvalue weighted by Crippen LogP contribution is -2.07. The molecule has 0 aliphatic heterocycles. The molecule has 168 valence electrons. The molecule has 1 aromatic rings. The van der Waals surface area contributed by atoms with Crippen molar-refractivity contribution in [3.63, 3.8) is 0 Å². The summed E-state index contributed by atoms with van der Waals surface area (Å²) < 4.78 is 10.7. The SMILES string of the molecule is CC(=O)Oc1cc(C)c(OC(C)=O)c(CC=C(C)CCCC(C)CCCC(C)C)c1. The lowest BCUT2D eigenvalue weighted by molar-refractivity contribution is -0.133. The Morgan fingerprint density at radius 1 is 0.933 bits per heavy atom. The van der Waals surface area contributed by atoms with Crippen molar-refractivity contribution in [1.82, 2.24) is 0 Å². The van der Waals surface area contributed by atoms with E-state index in [-0.39, 0.29) is 11.9 Å². The molecular formula is C26H40O4. The fourth-order valence-electron chi connectivity index (χ4n) is 3.61. The lowest BCUT2D eigenvalue weighted by atomic mass is 9.94. The van der Waals surface area contributed by atoms with Crippen molar-refractivity contribution in [2.45, 2.75) is 93.4 Å². The minimum absolute atomic E-state index is 0.355. The van der Waals surface area contributed by atoms with Crippen molar-refractivity contribution < 1.29 is 19.1 Å². The zero-order valence-corrected chi connectivity index (χ0v) is 20.0. The van der Waals surface area contributed by atoms with Crippen molar-refractivity contribution >= 4 is 11.9 Å². The van der Waals surface area contributed by atoms with Crippen LogP contribution in [-0.2, 0) is 16.0 Å². The number of hydrogen-bond acceptors (Lipinski definition) is 4. The van der Waals surface area contributed by atoms with Gasteiger partial charge in [0.1, 0.15) is 11.5 Å². The van der Waals surface area contributed by atoms with Crippen LogP contribution in [0.3, 0.4) is 0 Å². The summed E-state index contributed by atoms with van der Waals surface area (Å²) in [7, 11) is 0. The number of ether oxygens (including phenoxy) is 2.